The molecule has 0 aliphatic heterocycles. The Bertz CT molecular complexity index is 2420. The van der Waals surface area contributed by atoms with Gasteiger partial charge in [-0.2, -0.15) is 0 Å². The Hall–Kier alpha value is -5.86. The van der Waals surface area contributed by atoms with Gasteiger partial charge < -0.3 is 28.8 Å². The molecular weight excluding hydrogens is 889 g/mol. The van der Waals surface area contributed by atoms with Gasteiger partial charge in [0.2, 0.25) is 0 Å². The van der Waals surface area contributed by atoms with Crippen molar-refractivity contribution in [3.63, 3.8) is 0 Å². The molecule has 6 rings (SSSR count). The van der Waals surface area contributed by atoms with Crippen molar-refractivity contribution in [1.29, 1.82) is 0 Å². The van der Waals surface area contributed by atoms with Crippen LogP contribution >= 0.6 is 0 Å². The summed E-state index contributed by atoms with van der Waals surface area (Å²) in [5.74, 6) is 1.81. The fourth-order valence-electron chi connectivity index (χ4n) is 8.99. The number of methoxy groups -OCH3 is 2. The van der Waals surface area contributed by atoms with Gasteiger partial charge in [0.15, 0.2) is 0 Å². The Labute approximate surface area is 430 Å². The summed E-state index contributed by atoms with van der Waals surface area (Å²) in [6.45, 7) is 20.9. The summed E-state index contributed by atoms with van der Waals surface area (Å²) < 4.78 is 18.6. The fraction of sp³-hybridized carbons (Fsp3) is 0.375. The van der Waals surface area contributed by atoms with Crippen LogP contribution in [-0.2, 0) is 17.6 Å². The first kappa shape index (κ1) is 56.1. The lowest BCUT2D eigenvalue weighted by Gasteiger charge is -2.43. The summed E-state index contributed by atoms with van der Waals surface area (Å²) in [5.41, 5.74) is 8.98. The number of rotatable bonds is 26. The van der Waals surface area contributed by atoms with Gasteiger partial charge in [-0.15, -0.1) is 0 Å². The van der Waals surface area contributed by atoms with Gasteiger partial charge in [0.05, 0.1) is 27.4 Å². The zero-order valence-corrected chi connectivity index (χ0v) is 45.6. The molecule has 71 heavy (non-hydrogen) atoms. The first-order valence-corrected chi connectivity index (χ1v) is 28.2. The van der Waals surface area contributed by atoms with Crippen molar-refractivity contribution >= 4 is 54.4 Å². The van der Waals surface area contributed by atoms with Crippen LogP contribution in [0.2, 0.25) is 5.04 Å². The van der Waals surface area contributed by atoms with Crippen LogP contribution in [0, 0.1) is 0 Å². The molecule has 6 nitrogen and oxygen atoms in total. The van der Waals surface area contributed by atoms with Gasteiger partial charge >= 0.3 is 0 Å². The highest BCUT2D eigenvalue weighted by Gasteiger charge is 2.50. The Morgan fingerprint density at radius 1 is 0.479 bits per heavy atom. The zero-order chi connectivity index (χ0) is 50.9. The molecule has 0 saturated heterocycles. The van der Waals surface area contributed by atoms with Crippen molar-refractivity contribution in [3.8, 4) is 11.5 Å². The number of unbranched alkanes of at least 4 members (excludes halogenated alkanes) is 4. The van der Waals surface area contributed by atoms with E-state index in [4.69, 9.17) is 19.0 Å². The molecule has 0 atom stereocenters. The van der Waals surface area contributed by atoms with Gasteiger partial charge in [0, 0.05) is 60.8 Å². The maximum absolute atomic E-state index is 9.14. The van der Waals surface area contributed by atoms with Gasteiger partial charge in [-0.3, -0.25) is 0 Å². The molecule has 0 radical (unpaired) electrons. The predicted molar refractivity (Wildman–Crippen MR) is 309 cm³/mol. The Morgan fingerprint density at radius 3 is 1.20 bits per heavy atom. The van der Waals surface area contributed by atoms with Gasteiger partial charge in [0.1, 0.15) is 11.5 Å². The van der Waals surface area contributed by atoms with E-state index < -0.39 is 8.32 Å². The van der Waals surface area contributed by atoms with Crippen LogP contribution < -0.4 is 29.6 Å². The Morgan fingerprint density at radius 2 is 0.859 bits per heavy atom. The number of aliphatic hydroxyl groups excluding tert-OH is 1. The number of benzene rings is 6. The number of anilines is 2. The maximum Gasteiger partial charge on any atom is 0.261 e. The summed E-state index contributed by atoms with van der Waals surface area (Å²) in [4.78, 5) is 4.97. The van der Waals surface area contributed by atoms with Crippen LogP contribution in [-0.4, -0.2) is 53.8 Å². The monoisotopic (exact) mass is 973 g/mol. The lowest BCUT2D eigenvalue weighted by atomic mass is 10.1. The first-order valence-electron chi connectivity index (χ1n) is 26.3. The van der Waals surface area contributed by atoms with Crippen molar-refractivity contribution in [3.05, 3.63) is 179 Å². The maximum atomic E-state index is 9.14. The SMILES string of the molecule is CCCCN(CCCC)c1ccc(C=Cc2ccc(CO)cc2)c(OC)c1.CCCCN(CCCC)c1ccc(C=Cc2ccc(CO[Si](c3ccccc3)(c3ccccc3)C(C)(C)C)cc2)c(OC)c1. The number of hydrogen-bond acceptors (Lipinski definition) is 6. The van der Waals surface area contributed by atoms with E-state index >= 15 is 0 Å². The second-order valence-corrected chi connectivity index (χ2v) is 23.8. The molecular formula is C64H84N2O4Si. The molecule has 0 spiro atoms. The third-order valence-electron chi connectivity index (χ3n) is 13.2. The minimum atomic E-state index is -2.58. The van der Waals surface area contributed by atoms with E-state index in [2.05, 4.69) is 204 Å². The van der Waals surface area contributed by atoms with Crippen molar-refractivity contribution < 1.29 is 19.0 Å². The molecule has 6 aromatic carbocycles. The van der Waals surface area contributed by atoms with Crippen molar-refractivity contribution in [2.75, 3.05) is 50.2 Å². The molecule has 0 fully saturated rings. The minimum Gasteiger partial charge on any atom is -0.496 e. The van der Waals surface area contributed by atoms with Crippen LogP contribution in [0.5, 0.6) is 11.5 Å². The summed E-state index contributed by atoms with van der Waals surface area (Å²) in [6.07, 6.45) is 18.1. The van der Waals surface area contributed by atoms with E-state index in [-0.39, 0.29) is 11.6 Å². The second-order valence-electron chi connectivity index (χ2n) is 19.5. The van der Waals surface area contributed by atoms with E-state index in [1.54, 1.807) is 14.2 Å². The number of nitrogens with zero attached hydrogens (tertiary/aromatic N) is 2. The molecule has 0 bridgehead atoms. The second kappa shape index (κ2) is 29.5. The van der Waals surface area contributed by atoms with Crippen LogP contribution in [0.15, 0.2) is 146 Å². The average molecular weight is 973 g/mol. The molecule has 378 valence electrons. The van der Waals surface area contributed by atoms with E-state index in [0.29, 0.717) is 6.61 Å². The van der Waals surface area contributed by atoms with Gasteiger partial charge in [-0.05, 0) is 87.6 Å². The summed E-state index contributed by atoms with van der Waals surface area (Å²) >= 11 is 0. The van der Waals surface area contributed by atoms with E-state index in [1.165, 1.54) is 78.7 Å². The van der Waals surface area contributed by atoms with Crippen molar-refractivity contribution in [1.82, 2.24) is 0 Å². The third-order valence-corrected chi connectivity index (χ3v) is 18.2. The minimum absolute atomic E-state index is 0.0456. The van der Waals surface area contributed by atoms with E-state index in [9.17, 15) is 0 Å². The Kier molecular flexibility index (Phi) is 23.3. The summed E-state index contributed by atoms with van der Waals surface area (Å²) in [5, 5.41) is 11.7. The van der Waals surface area contributed by atoms with Crippen LogP contribution in [0.4, 0.5) is 11.4 Å². The summed E-state index contributed by atoms with van der Waals surface area (Å²) in [7, 11) is 0.919. The molecule has 1 N–H and O–H groups in total. The topological polar surface area (TPSA) is 54.4 Å². The molecule has 0 unspecified atom stereocenters. The molecule has 0 heterocycles. The molecule has 0 aliphatic carbocycles. The Balaban J connectivity index is 0.000000297. The zero-order valence-electron chi connectivity index (χ0n) is 44.6. The van der Waals surface area contributed by atoms with Crippen LogP contribution in [0.25, 0.3) is 24.3 Å². The molecule has 0 saturated carbocycles. The fourth-order valence-corrected chi connectivity index (χ4v) is 13.5. The highest BCUT2D eigenvalue weighted by Crippen LogP contribution is 2.37. The van der Waals surface area contributed by atoms with Gasteiger partial charge in [-0.25, -0.2) is 0 Å². The first-order chi connectivity index (χ1) is 34.5. The normalized spacial score (nSPS) is 11.7. The van der Waals surface area contributed by atoms with Crippen LogP contribution in [0.1, 0.15) is 133 Å². The van der Waals surface area contributed by atoms with Crippen molar-refractivity contribution in [2.45, 2.75) is 118 Å². The lowest BCUT2D eigenvalue weighted by molar-refractivity contribution is 0.282. The molecule has 0 aromatic heterocycles. The molecule has 6 aromatic rings. The number of aliphatic hydroxyl groups is 1. The van der Waals surface area contributed by atoms with Crippen molar-refractivity contribution in [2.24, 2.45) is 0 Å². The van der Waals surface area contributed by atoms with E-state index in [0.717, 1.165) is 65.5 Å². The smallest absolute Gasteiger partial charge is 0.261 e. The summed E-state index contributed by atoms with van der Waals surface area (Å²) in [6, 6.07) is 51.4. The average Bonchev–Trinajstić information content (AvgIpc) is 3.40. The lowest BCUT2D eigenvalue weighted by Crippen LogP contribution is -2.66. The number of hydrogen-bond donors (Lipinski definition) is 1. The van der Waals surface area contributed by atoms with Gasteiger partial charge in [0.25, 0.3) is 8.32 Å². The van der Waals surface area contributed by atoms with E-state index in [1.807, 2.05) is 24.3 Å². The highest BCUT2D eigenvalue weighted by molar-refractivity contribution is 6.99. The van der Waals surface area contributed by atoms with Gasteiger partial charge in [-0.1, -0.05) is 208 Å². The largest absolute Gasteiger partial charge is 0.496 e. The predicted octanol–water partition coefficient (Wildman–Crippen LogP) is 15.1. The molecule has 7 heteroatoms. The quantitative estimate of drug-likeness (QED) is 0.0432. The third kappa shape index (κ3) is 16.3. The molecule has 0 aliphatic rings. The van der Waals surface area contributed by atoms with Crippen LogP contribution in [0.3, 0.4) is 0 Å². The highest BCUT2D eigenvalue weighted by atomic mass is 28.4. The standard InChI is InChI=1S/C40H51NO2Si.C24H33NO2/c1-7-9-29-41(30-10-8-2)36-28-27-35(39(31-36)42-6)26-25-33-21-23-34(24-22-33)32-43-44(40(3,4)5,37-17-13-11-14-18-37)38-19-15-12-16-20-38;1-4-6-16-25(17-7-5-2)23-15-14-22(24(18-23)27-3)13-12-20-8-10-21(19-26)11-9-20/h11-28,31H,7-10,29-30,32H2,1-6H3;8-15,18,26H,4-7,16-17,19H2,1-3H3. The molecule has 0 amide bonds. The number of ether oxygens (including phenoxy) is 2.